The number of amides is 1. The van der Waals surface area contributed by atoms with E-state index in [1.165, 1.54) is 17.3 Å². The second kappa shape index (κ2) is 9.97. The molecule has 0 aliphatic heterocycles. The average molecular weight is 502 g/mol. The highest BCUT2D eigenvalue weighted by molar-refractivity contribution is 7.99. The molecule has 1 saturated carbocycles. The molecule has 0 bridgehead atoms. The molecular formula is C29H31N3O3S. The van der Waals surface area contributed by atoms with Crippen LogP contribution in [-0.2, 0) is 23.2 Å². The van der Waals surface area contributed by atoms with Gasteiger partial charge in [0.05, 0.1) is 24.1 Å². The van der Waals surface area contributed by atoms with Crippen LogP contribution in [0.5, 0.6) is 5.75 Å². The van der Waals surface area contributed by atoms with Gasteiger partial charge in [0.15, 0.2) is 5.16 Å². The Morgan fingerprint density at radius 2 is 1.89 bits per heavy atom. The minimum Gasteiger partial charge on any atom is -0.497 e. The van der Waals surface area contributed by atoms with Crippen molar-refractivity contribution >= 4 is 23.4 Å². The second-order valence-electron chi connectivity index (χ2n) is 9.85. The summed E-state index contributed by atoms with van der Waals surface area (Å²) in [4.78, 5) is 31.9. The van der Waals surface area contributed by atoms with E-state index in [0.29, 0.717) is 17.4 Å². The second-order valence-corrected chi connectivity index (χ2v) is 10.8. The van der Waals surface area contributed by atoms with Crippen molar-refractivity contribution in [1.82, 2.24) is 9.55 Å². The maximum absolute atomic E-state index is 14.1. The van der Waals surface area contributed by atoms with Crippen molar-refractivity contribution in [3.05, 3.63) is 82.2 Å². The summed E-state index contributed by atoms with van der Waals surface area (Å²) in [6.45, 7) is 6.35. The van der Waals surface area contributed by atoms with Gasteiger partial charge in [-0.3, -0.25) is 14.2 Å². The Kier molecular flexibility index (Phi) is 6.75. The molecule has 2 aromatic carbocycles. The summed E-state index contributed by atoms with van der Waals surface area (Å²) in [6, 6.07) is 15.5. The van der Waals surface area contributed by atoms with E-state index < -0.39 is 0 Å². The van der Waals surface area contributed by atoms with Crippen LogP contribution in [0.2, 0.25) is 0 Å². The lowest BCUT2D eigenvalue weighted by Gasteiger charge is -2.36. The van der Waals surface area contributed by atoms with Crippen LogP contribution in [0.25, 0.3) is 11.3 Å². The zero-order chi connectivity index (χ0) is 25.3. The van der Waals surface area contributed by atoms with Gasteiger partial charge in [-0.05, 0) is 56.0 Å². The number of fused-ring (bicyclic) bond motifs is 4. The van der Waals surface area contributed by atoms with Crippen molar-refractivity contribution in [2.24, 2.45) is 0 Å². The number of thioether (sulfide) groups is 1. The number of allylic oxidation sites excluding steroid dienone is 1. The summed E-state index contributed by atoms with van der Waals surface area (Å²) >= 11 is 1.29. The third-order valence-corrected chi connectivity index (χ3v) is 8.14. The number of ether oxygens (including phenoxy) is 1. The summed E-state index contributed by atoms with van der Waals surface area (Å²) in [5, 5.41) is 3.46. The molecule has 186 valence electrons. The number of carbonyl (C=O) groups is 1. The molecule has 1 spiro atoms. The predicted molar refractivity (Wildman–Crippen MR) is 145 cm³/mol. The first kappa shape index (κ1) is 24.4. The first-order chi connectivity index (χ1) is 17.4. The smallest absolute Gasteiger partial charge is 0.258 e. The third kappa shape index (κ3) is 4.60. The van der Waals surface area contributed by atoms with Crippen LogP contribution < -0.4 is 15.6 Å². The minimum absolute atomic E-state index is 0.0115. The van der Waals surface area contributed by atoms with Gasteiger partial charge in [-0.2, -0.15) is 0 Å². The topological polar surface area (TPSA) is 73.2 Å². The molecule has 3 aromatic rings. The molecule has 1 aromatic heterocycles. The van der Waals surface area contributed by atoms with Gasteiger partial charge in [0.2, 0.25) is 5.91 Å². The highest BCUT2D eigenvalue weighted by Gasteiger charge is 2.44. The van der Waals surface area contributed by atoms with E-state index in [1.54, 1.807) is 35.9 Å². The summed E-state index contributed by atoms with van der Waals surface area (Å²) in [7, 11) is 1.60. The Balaban J connectivity index is 1.50. The van der Waals surface area contributed by atoms with Gasteiger partial charge in [0.25, 0.3) is 5.56 Å². The van der Waals surface area contributed by atoms with Crippen molar-refractivity contribution in [3.8, 4) is 17.0 Å². The zero-order valence-corrected chi connectivity index (χ0v) is 21.6. The van der Waals surface area contributed by atoms with Crippen LogP contribution in [-0.4, -0.2) is 28.3 Å². The number of hydrogen-bond donors (Lipinski definition) is 1. The van der Waals surface area contributed by atoms with E-state index in [-0.39, 0.29) is 22.6 Å². The molecule has 2 aliphatic carbocycles. The Bertz CT molecular complexity index is 1370. The molecule has 0 radical (unpaired) electrons. The number of carbonyl (C=O) groups excluding carboxylic acids is 1. The van der Waals surface area contributed by atoms with Gasteiger partial charge in [0.1, 0.15) is 5.75 Å². The molecule has 5 rings (SSSR count). The normalized spacial score (nSPS) is 15.3. The monoisotopic (exact) mass is 501 g/mol. The van der Waals surface area contributed by atoms with Gasteiger partial charge in [0, 0.05) is 23.2 Å². The molecule has 6 nitrogen and oxygen atoms in total. The molecule has 1 amide bonds. The number of nitrogens with zero attached hydrogens (tertiary/aromatic N) is 2. The maximum Gasteiger partial charge on any atom is 0.258 e. The van der Waals surface area contributed by atoms with Crippen LogP contribution in [0, 0.1) is 0 Å². The molecule has 36 heavy (non-hydrogen) atoms. The van der Waals surface area contributed by atoms with Crippen molar-refractivity contribution in [1.29, 1.82) is 0 Å². The fraction of sp³-hybridized carbons (Fsp3) is 0.345. The van der Waals surface area contributed by atoms with Crippen LogP contribution in [0.4, 0.5) is 5.69 Å². The molecule has 7 heteroatoms. The highest BCUT2D eigenvalue weighted by Crippen LogP contribution is 2.50. The number of hydrogen-bond acceptors (Lipinski definition) is 5. The average Bonchev–Trinajstić information content (AvgIpc) is 3.33. The molecule has 0 atom stereocenters. The lowest BCUT2D eigenvalue weighted by Crippen LogP contribution is -2.40. The van der Waals surface area contributed by atoms with Crippen LogP contribution in [0.1, 0.15) is 43.7 Å². The lowest BCUT2D eigenvalue weighted by atomic mass is 9.68. The SMILES string of the molecule is C=C(C)Cn1c(SCC(=O)Nc2ccc(OC)cc2)nc2c(c1=O)C1(CCCC1)Cc1ccccc1-2. The summed E-state index contributed by atoms with van der Waals surface area (Å²) in [5.74, 6) is 0.705. The van der Waals surface area contributed by atoms with E-state index in [9.17, 15) is 9.59 Å². The van der Waals surface area contributed by atoms with Crippen molar-refractivity contribution in [3.63, 3.8) is 0 Å². The van der Waals surface area contributed by atoms with Crippen molar-refractivity contribution in [2.75, 3.05) is 18.2 Å². The Hall–Kier alpha value is -3.32. The number of rotatable bonds is 7. The number of benzene rings is 2. The third-order valence-electron chi connectivity index (χ3n) is 7.16. The van der Waals surface area contributed by atoms with Gasteiger partial charge >= 0.3 is 0 Å². The quantitative estimate of drug-likeness (QED) is 0.259. The van der Waals surface area contributed by atoms with Crippen LogP contribution in [0.3, 0.4) is 0 Å². The Morgan fingerprint density at radius 3 is 2.58 bits per heavy atom. The van der Waals surface area contributed by atoms with E-state index in [1.807, 2.05) is 13.0 Å². The highest BCUT2D eigenvalue weighted by atomic mass is 32.2. The van der Waals surface area contributed by atoms with E-state index in [0.717, 1.165) is 60.2 Å². The molecule has 1 N–H and O–H groups in total. The number of aromatic nitrogens is 2. The Morgan fingerprint density at radius 1 is 1.17 bits per heavy atom. The molecular weight excluding hydrogens is 470 g/mol. The van der Waals surface area contributed by atoms with Gasteiger partial charge in [-0.25, -0.2) is 4.98 Å². The predicted octanol–water partition coefficient (Wildman–Crippen LogP) is 5.59. The number of anilines is 1. The fourth-order valence-electron chi connectivity index (χ4n) is 5.57. The van der Waals surface area contributed by atoms with Gasteiger partial charge in [-0.1, -0.05) is 61.0 Å². The largest absolute Gasteiger partial charge is 0.497 e. The number of nitrogens with one attached hydrogen (secondary N) is 1. The lowest BCUT2D eigenvalue weighted by molar-refractivity contribution is -0.113. The van der Waals surface area contributed by atoms with Crippen molar-refractivity contribution < 1.29 is 9.53 Å². The molecule has 1 heterocycles. The van der Waals surface area contributed by atoms with Crippen LogP contribution >= 0.6 is 11.8 Å². The summed E-state index contributed by atoms with van der Waals surface area (Å²) in [5.41, 5.74) is 5.36. The van der Waals surface area contributed by atoms with Gasteiger partial charge < -0.3 is 10.1 Å². The first-order valence-corrected chi connectivity index (χ1v) is 13.3. The minimum atomic E-state index is -0.160. The van der Waals surface area contributed by atoms with Crippen LogP contribution in [0.15, 0.2) is 70.6 Å². The van der Waals surface area contributed by atoms with E-state index in [2.05, 4.69) is 30.1 Å². The standard InChI is InChI=1S/C29H31N3O3S/c1-19(2)17-32-27(34)25-26(23-9-5-4-8-20(23)16-29(25)14-6-7-15-29)31-28(32)36-18-24(33)30-21-10-12-22(35-3)13-11-21/h4-5,8-13H,1,6-7,14-18H2,2-3H3,(H,30,33). The van der Waals surface area contributed by atoms with Gasteiger partial charge in [-0.15, -0.1) is 0 Å². The molecule has 0 unspecified atom stereocenters. The van der Waals surface area contributed by atoms with Crippen molar-refractivity contribution in [2.45, 2.75) is 56.1 Å². The first-order valence-electron chi connectivity index (χ1n) is 12.3. The van der Waals surface area contributed by atoms with E-state index >= 15 is 0 Å². The zero-order valence-electron chi connectivity index (χ0n) is 20.8. The maximum atomic E-state index is 14.1. The van der Waals surface area contributed by atoms with E-state index in [4.69, 9.17) is 9.72 Å². The molecule has 1 fully saturated rings. The summed E-state index contributed by atoms with van der Waals surface area (Å²) < 4.78 is 6.90. The molecule has 2 aliphatic rings. The number of methoxy groups -OCH3 is 1. The fourth-order valence-corrected chi connectivity index (χ4v) is 6.36. The Labute approximate surface area is 215 Å². The molecule has 0 saturated heterocycles. The summed E-state index contributed by atoms with van der Waals surface area (Å²) in [6.07, 6.45) is 5.16.